The van der Waals surface area contributed by atoms with E-state index in [0.29, 0.717) is 0 Å². The van der Waals surface area contributed by atoms with Crippen molar-refractivity contribution in [1.29, 1.82) is 0 Å². The molecular formula is C11H10N4O4. The van der Waals surface area contributed by atoms with E-state index in [1.165, 1.54) is 24.3 Å². The molecule has 0 amide bonds. The zero-order chi connectivity index (χ0) is 14.3. The van der Waals surface area contributed by atoms with Crippen LogP contribution >= 0.6 is 0 Å². The summed E-state index contributed by atoms with van der Waals surface area (Å²) < 4.78 is 0. The highest BCUT2D eigenvalue weighted by molar-refractivity contribution is 5.40. The average molecular weight is 262 g/mol. The van der Waals surface area contributed by atoms with Gasteiger partial charge in [-0.2, -0.15) is 9.98 Å². The van der Waals surface area contributed by atoms with E-state index < -0.39 is 24.2 Å². The maximum absolute atomic E-state index is 10.4. The minimum atomic E-state index is -0.812. The second-order valence-electron chi connectivity index (χ2n) is 4.09. The molecule has 5 atom stereocenters. The molecule has 0 saturated heterocycles. The zero-order valence-corrected chi connectivity index (χ0v) is 10.0. The number of rotatable bonds is 4. The maximum Gasteiger partial charge on any atom is 0.235 e. The van der Waals surface area contributed by atoms with Crippen molar-refractivity contribution in [2.45, 2.75) is 37.5 Å². The third-order valence-corrected chi connectivity index (χ3v) is 3.21. The van der Waals surface area contributed by atoms with Crippen molar-refractivity contribution in [3.05, 3.63) is 0 Å². The molecule has 1 aliphatic rings. The van der Waals surface area contributed by atoms with E-state index in [4.69, 9.17) is 0 Å². The van der Waals surface area contributed by atoms with Gasteiger partial charge in [-0.15, -0.1) is 0 Å². The van der Waals surface area contributed by atoms with Crippen molar-refractivity contribution in [3.8, 4) is 0 Å². The Labute approximate surface area is 108 Å². The van der Waals surface area contributed by atoms with E-state index in [1.807, 2.05) is 0 Å². The standard InChI is InChI=1S/C11H10N4O4/c1-7-8(12-3-16)2-9(13-4-17)11(15-6-19)10(7)14-5-18/h7-11H,2H2,1H3. The summed E-state index contributed by atoms with van der Waals surface area (Å²) in [7, 11) is 0. The quantitative estimate of drug-likeness (QED) is 0.516. The van der Waals surface area contributed by atoms with Gasteiger partial charge in [0, 0.05) is 5.92 Å². The third kappa shape index (κ3) is 3.26. The van der Waals surface area contributed by atoms with E-state index >= 15 is 0 Å². The fourth-order valence-electron chi connectivity index (χ4n) is 2.28. The third-order valence-electron chi connectivity index (χ3n) is 3.21. The number of hydrogen-bond acceptors (Lipinski definition) is 8. The number of isocyanates is 4. The van der Waals surface area contributed by atoms with Crippen molar-refractivity contribution >= 4 is 24.3 Å². The lowest BCUT2D eigenvalue weighted by atomic mass is 9.76. The fraction of sp³-hybridized carbons (Fsp3) is 0.636. The Bertz CT molecular complexity index is 523. The van der Waals surface area contributed by atoms with Gasteiger partial charge >= 0.3 is 0 Å². The van der Waals surface area contributed by atoms with E-state index in [1.54, 1.807) is 6.92 Å². The van der Waals surface area contributed by atoms with Gasteiger partial charge in [0.1, 0.15) is 6.04 Å². The summed E-state index contributed by atoms with van der Waals surface area (Å²) in [6, 6.07) is -2.82. The maximum atomic E-state index is 10.4. The predicted molar refractivity (Wildman–Crippen MR) is 61.4 cm³/mol. The van der Waals surface area contributed by atoms with Crippen molar-refractivity contribution in [2.24, 2.45) is 25.9 Å². The van der Waals surface area contributed by atoms with Crippen LogP contribution in [0.5, 0.6) is 0 Å². The van der Waals surface area contributed by atoms with Gasteiger partial charge in [0.15, 0.2) is 0 Å². The molecule has 0 aromatic carbocycles. The minimum Gasteiger partial charge on any atom is -0.211 e. The number of hydrogen-bond donors (Lipinski definition) is 0. The molecule has 5 unspecified atom stereocenters. The Kier molecular flexibility index (Phi) is 5.42. The van der Waals surface area contributed by atoms with Gasteiger partial charge in [0.25, 0.3) is 0 Å². The summed E-state index contributed by atoms with van der Waals surface area (Å²) in [6.45, 7) is 1.70. The normalized spacial score (nSPS) is 32.8. The van der Waals surface area contributed by atoms with Crippen molar-refractivity contribution in [1.82, 2.24) is 0 Å². The summed E-state index contributed by atoms with van der Waals surface area (Å²) >= 11 is 0. The monoisotopic (exact) mass is 262 g/mol. The van der Waals surface area contributed by atoms with E-state index in [2.05, 4.69) is 20.0 Å². The molecule has 1 saturated carbocycles. The van der Waals surface area contributed by atoms with E-state index in [0.717, 1.165) is 0 Å². The van der Waals surface area contributed by atoms with Crippen LogP contribution in [0.25, 0.3) is 0 Å². The summed E-state index contributed by atoms with van der Waals surface area (Å²) in [6.07, 6.45) is 5.77. The Hall–Kier alpha value is -2.48. The molecule has 0 heterocycles. The first kappa shape index (κ1) is 14.6. The van der Waals surface area contributed by atoms with E-state index in [9.17, 15) is 19.2 Å². The molecule has 1 rings (SSSR count). The topological polar surface area (TPSA) is 118 Å². The van der Waals surface area contributed by atoms with Gasteiger partial charge in [-0.25, -0.2) is 29.2 Å². The molecule has 8 nitrogen and oxygen atoms in total. The zero-order valence-electron chi connectivity index (χ0n) is 10.0. The Morgan fingerprint density at radius 3 is 1.74 bits per heavy atom. The highest BCUT2D eigenvalue weighted by Gasteiger charge is 2.43. The molecule has 0 spiro atoms. The fourth-order valence-corrected chi connectivity index (χ4v) is 2.28. The van der Waals surface area contributed by atoms with Crippen LogP contribution in [-0.2, 0) is 19.2 Å². The Morgan fingerprint density at radius 1 is 0.737 bits per heavy atom. The molecule has 0 aromatic rings. The number of carbonyl (C=O) groups excluding carboxylic acids is 4. The van der Waals surface area contributed by atoms with Crippen molar-refractivity contribution in [3.63, 3.8) is 0 Å². The molecular weight excluding hydrogens is 252 g/mol. The van der Waals surface area contributed by atoms with E-state index in [-0.39, 0.29) is 12.3 Å². The largest absolute Gasteiger partial charge is 0.235 e. The molecule has 0 aliphatic heterocycles. The van der Waals surface area contributed by atoms with Crippen LogP contribution in [0.1, 0.15) is 13.3 Å². The average Bonchev–Trinajstić information content (AvgIpc) is 2.39. The molecule has 0 bridgehead atoms. The first-order chi connectivity index (χ1) is 9.19. The molecule has 0 N–H and O–H groups in total. The van der Waals surface area contributed by atoms with Crippen LogP contribution in [0.4, 0.5) is 0 Å². The Balaban J connectivity index is 3.24. The second-order valence-corrected chi connectivity index (χ2v) is 4.09. The summed E-state index contributed by atoms with van der Waals surface area (Å²) in [5, 5.41) is 0. The van der Waals surface area contributed by atoms with Crippen LogP contribution < -0.4 is 0 Å². The Morgan fingerprint density at radius 2 is 1.21 bits per heavy atom. The predicted octanol–water partition coefficient (Wildman–Crippen LogP) is -0.156. The molecule has 19 heavy (non-hydrogen) atoms. The van der Waals surface area contributed by atoms with Crippen LogP contribution in [0.3, 0.4) is 0 Å². The van der Waals surface area contributed by atoms with Gasteiger partial charge in [-0.1, -0.05) is 6.92 Å². The molecule has 0 aromatic heterocycles. The molecule has 8 heteroatoms. The SMILES string of the molecule is CC1C(N=C=O)CC(N=C=O)C(N=C=O)C1N=C=O. The van der Waals surface area contributed by atoms with Gasteiger partial charge < -0.3 is 0 Å². The first-order valence-electron chi connectivity index (χ1n) is 5.47. The lowest BCUT2D eigenvalue weighted by molar-refractivity contribution is 0.233. The molecule has 1 aliphatic carbocycles. The molecule has 98 valence electrons. The summed E-state index contributed by atoms with van der Waals surface area (Å²) in [4.78, 5) is 55.9. The van der Waals surface area contributed by atoms with Crippen LogP contribution in [0.2, 0.25) is 0 Å². The van der Waals surface area contributed by atoms with Crippen molar-refractivity contribution < 1.29 is 19.2 Å². The highest BCUT2D eigenvalue weighted by Crippen LogP contribution is 2.32. The van der Waals surface area contributed by atoms with Crippen LogP contribution in [0.15, 0.2) is 20.0 Å². The van der Waals surface area contributed by atoms with Crippen LogP contribution in [0, 0.1) is 5.92 Å². The second kappa shape index (κ2) is 7.07. The van der Waals surface area contributed by atoms with Gasteiger partial charge in [-0.05, 0) is 6.42 Å². The highest BCUT2D eigenvalue weighted by atomic mass is 16.1. The van der Waals surface area contributed by atoms with Gasteiger partial charge in [0.2, 0.25) is 24.3 Å². The first-order valence-corrected chi connectivity index (χ1v) is 5.47. The van der Waals surface area contributed by atoms with Crippen molar-refractivity contribution in [2.75, 3.05) is 0 Å². The molecule has 0 radical (unpaired) electrons. The van der Waals surface area contributed by atoms with Crippen LogP contribution in [-0.4, -0.2) is 48.5 Å². The lowest BCUT2D eigenvalue weighted by Gasteiger charge is -2.36. The number of aliphatic imine (C=N–C) groups is 4. The summed E-state index contributed by atoms with van der Waals surface area (Å²) in [5.41, 5.74) is 0. The summed E-state index contributed by atoms with van der Waals surface area (Å²) in [5.74, 6) is -0.344. The number of nitrogens with zero attached hydrogens (tertiary/aromatic N) is 4. The van der Waals surface area contributed by atoms with Gasteiger partial charge in [-0.3, -0.25) is 0 Å². The molecule has 1 fully saturated rings. The smallest absolute Gasteiger partial charge is 0.211 e. The minimum absolute atomic E-state index is 0.215. The lowest BCUT2D eigenvalue weighted by Crippen LogP contribution is -2.48. The van der Waals surface area contributed by atoms with Gasteiger partial charge in [0.05, 0.1) is 18.1 Å².